The summed E-state index contributed by atoms with van der Waals surface area (Å²) in [6, 6.07) is 9.58. The molecule has 0 saturated carbocycles. The third-order valence-electron chi connectivity index (χ3n) is 3.84. The average Bonchev–Trinajstić information content (AvgIpc) is 2.97. The van der Waals surface area contributed by atoms with Crippen molar-refractivity contribution in [1.82, 2.24) is 10.2 Å². The summed E-state index contributed by atoms with van der Waals surface area (Å²) in [4.78, 5) is 25.6. The minimum Gasteiger partial charge on any atom is -0.355 e. The number of hydrogen-bond donors (Lipinski definition) is 2. The molecule has 0 aliphatic carbocycles. The van der Waals surface area contributed by atoms with Gasteiger partial charge in [-0.3, -0.25) is 9.59 Å². The topological polar surface area (TPSA) is 75.4 Å². The number of nitrogens with one attached hydrogen (secondary N) is 1. The Labute approximate surface area is 137 Å². The smallest absolute Gasteiger partial charge is 0.224 e. The van der Waals surface area contributed by atoms with Crippen LogP contribution in [0.4, 0.5) is 0 Å². The van der Waals surface area contributed by atoms with Crippen LogP contribution in [0.3, 0.4) is 0 Å². The van der Waals surface area contributed by atoms with Gasteiger partial charge in [0.1, 0.15) is 0 Å². The quantitative estimate of drug-likeness (QED) is 0.818. The monoisotopic (exact) mass is 325 g/mol. The summed E-state index contributed by atoms with van der Waals surface area (Å²) < 4.78 is 0. The first-order valence-corrected chi connectivity index (χ1v) is 7.47. The molecule has 2 rings (SSSR count). The van der Waals surface area contributed by atoms with Crippen LogP contribution in [0.15, 0.2) is 30.3 Å². The maximum Gasteiger partial charge on any atom is 0.224 e. The number of amides is 2. The molecule has 3 N–H and O–H groups in total. The van der Waals surface area contributed by atoms with E-state index in [1.807, 2.05) is 35.2 Å². The summed E-state index contributed by atoms with van der Waals surface area (Å²) in [5.41, 5.74) is 6.59. The van der Waals surface area contributed by atoms with Gasteiger partial charge in [0.2, 0.25) is 11.8 Å². The molecule has 122 valence electrons. The second-order valence-corrected chi connectivity index (χ2v) is 5.49. The molecule has 1 aromatic rings. The van der Waals surface area contributed by atoms with Crippen molar-refractivity contribution in [2.24, 2.45) is 11.7 Å². The molecule has 0 bridgehead atoms. The molecule has 1 fully saturated rings. The highest BCUT2D eigenvalue weighted by molar-refractivity contribution is 5.85. The van der Waals surface area contributed by atoms with Crippen LogP contribution in [0, 0.1) is 5.92 Å². The normalized spacial score (nSPS) is 17.0. The Hall–Kier alpha value is -1.59. The van der Waals surface area contributed by atoms with Crippen molar-refractivity contribution in [3.05, 3.63) is 35.9 Å². The number of nitrogens with zero attached hydrogens (tertiary/aromatic N) is 1. The van der Waals surface area contributed by atoms with Gasteiger partial charge < -0.3 is 16.0 Å². The Balaban J connectivity index is 0.00000242. The van der Waals surface area contributed by atoms with Crippen molar-refractivity contribution in [2.75, 3.05) is 26.2 Å². The number of carbonyl (C=O) groups is 2. The fraction of sp³-hybridized carbons (Fsp3) is 0.500. The summed E-state index contributed by atoms with van der Waals surface area (Å²) in [5, 5.41) is 2.80. The van der Waals surface area contributed by atoms with Crippen molar-refractivity contribution in [1.29, 1.82) is 0 Å². The van der Waals surface area contributed by atoms with E-state index in [1.54, 1.807) is 0 Å². The molecular weight excluding hydrogens is 302 g/mol. The van der Waals surface area contributed by atoms with E-state index in [9.17, 15) is 9.59 Å². The second kappa shape index (κ2) is 9.43. The SMILES string of the molecule is Cl.NCC1CCN(C(=O)CCNC(=O)Cc2ccccc2)C1. The second-order valence-electron chi connectivity index (χ2n) is 5.49. The van der Waals surface area contributed by atoms with Gasteiger partial charge in [-0.1, -0.05) is 30.3 Å². The van der Waals surface area contributed by atoms with Gasteiger partial charge >= 0.3 is 0 Å². The fourth-order valence-corrected chi connectivity index (χ4v) is 2.56. The van der Waals surface area contributed by atoms with Gasteiger partial charge in [0.25, 0.3) is 0 Å². The van der Waals surface area contributed by atoms with E-state index in [-0.39, 0.29) is 24.2 Å². The standard InChI is InChI=1S/C16H23N3O2.ClH/c17-11-14-7-9-19(12-14)16(21)6-8-18-15(20)10-13-4-2-1-3-5-13;/h1-5,14H,6-12,17H2,(H,18,20);1H. The zero-order valence-electron chi connectivity index (χ0n) is 12.7. The van der Waals surface area contributed by atoms with Gasteiger partial charge in [0.15, 0.2) is 0 Å². The molecule has 2 amide bonds. The van der Waals surface area contributed by atoms with Crippen molar-refractivity contribution < 1.29 is 9.59 Å². The Kier molecular flexibility index (Phi) is 7.91. The minimum absolute atomic E-state index is 0. The molecular formula is C16H24ClN3O2. The number of benzene rings is 1. The molecule has 22 heavy (non-hydrogen) atoms. The van der Waals surface area contributed by atoms with Gasteiger partial charge in [-0.25, -0.2) is 0 Å². The van der Waals surface area contributed by atoms with Gasteiger partial charge in [-0.15, -0.1) is 12.4 Å². The van der Waals surface area contributed by atoms with E-state index >= 15 is 0 Å². The van der Waals surface area contributed by atoms with Crippen LogP contribution in [0.1, 0.15) is 18.4 Å². The van der Waals surface area contributed by atoms with E-state index in [1.165, 1.54) is 0 Å². The molecule has 0 aromatic heterocycles. The summed E-state index contributed by atoms with van der Waals surface area (Å²) >= 11 is 0. The summed E-state index contributed by atoms with van der Waals surface area (Å²) in [6.07, 6.45) is 1.70. The summed E-state index contributed by atoms with van der Waals surface area (Å²) in [7, 11) is 0. The molecule has 1 aliphatic heterocycles. The fourth-order valence-electron chi connectivity index (χ4n) is 2.56. The molecule has 1 heterocycles. The Morgan fingerprint density at radius 3 is 2.64 bits per heavy atom. The predicted molar refractivity (Wildman–Crippen MR) is 88.8 cm³/mol. The van der Waals surface area contributed by atoms with Gasteiger partial charge in [0, 0.05) is 26.1 Å². The van der Waals surface area contributed by atoms with Gasteiger partial charge in [-0.2, -0.15) is 0 Å². The highest BCUT2D eigenvalue weighted by Gasteiger charge is 2.24. The molecule has 0 spiro atoms. The number of hydrogen-bond acceptors (Lipinski definition) is 3. The number of carbonyl (C=O) groups excluding carboxylic acids is 2. The van der Waals surface area contributed by atoms with Gasteiger partial charge in [-0.05, 0) is 24.4 Å². The lowest BCUT2D eigenvalue weighted by molar-refractivity contribution is -0.130. The largest absolute Gasteiger partial charge is 0.355 e. The van der Waals surface area contributed by atoms with Crippen molar-refractivity contribution in [3.63, 3.8) is 0 Å². The maximum absolute atomic E-state index is 12.0. The van der Waals surface area contributed by atoms with Crippen molar-refractivity contribution >= 4 is 24.2 Å². The molecule has 1 aromatic carbocycles. The van der Waals surface area contributed by atoms with Crippen LogP contribution in [0.25, 0.3) is 0 Å². The first kappa shape index (κ1) is 18.5. The van der Waals surface area contributed by atoms with Crippen molar-refractivity contribution in [2.45, 2.75) is 19.3 Å². The highest BCUT2D eigenvalue weighted by atomic mass is 35.5. The van der Waals surface area contributed by atoms with Crippen LogP contribution in [-0.2, 0) is 16.0 Å². The lowest BCUT2D eigenvalue weighted by Gasteiger charge is -2.16. The number of halogens is 1. The number of likely N-dealkylation sites (tertiary alicyclic amines) is 1. The molecule has 1 atom stereocenters. The average molecular weight is 326 g/mol. The number of rotatable bonds is 6. The zero-order chi connectivity index (χ0) is 15.1. The Morgan fingerprint density at radius 2 is 2.00 bits per heavy atom. The van der Waals surface area contributed by atoms with E-state index < -0.39 is 0 Å². The third kappa shape index (κ3) is 5.66. The lowest BCUT2D eigenvalue weighted by atomic mass is 10.1. The molecule has 1 aliphatic rings. The number of nitrogens with two attached hydrogens (primary N) is 1. The van der Waals surface area contributed by atoms with Gasteiger partial charge in [0.05, 0.1) is 6.42 Å². The first-order valence-electron chi connectivity index (χ1n) is 7.47. The molecule has 6 heteroatoms. The summed E-state index contributed by atoms with van der Waals surface area (Å²) in [6.45, 7) is 2.58. The van der Waals surface area contributed by atoms with Crippen LogP contribution < -0.4 is 11.1 Å². The van der Waals surface area contributed by atoms with E-state index in [2.05, 4.69) is 5.32 Å². The van der Waals surface area contributed by atoms with Crippen LogP contribution in [0.5, 0.6) is 0 Å². The summed E-state index contributed by atoms with van der Waals surface area (Å²) in [5.74, 6) is 0.489. The molecule has 5 nitrogen and oxygen atoms in total. The van der Waals surface area contributed by atoms with Crippen molar-refractivity contribution in [3.8, 4) is 0 Å². The Morgan fingerprint density at radius 1 is 1.27 bits per heavy atom. The minimum atomic E-state index is -0.0461. The van der Waals surface area contributed by atoms with Crippen LogP contribution in [0.2, 0.25) is 0 Å². The predicted octanol–water partition coefficient (Wildman–Crippen LogP) is 0.964. The van der Waals surface area contributed by atoms with Crippen LogP contribution >= 0.6 is 12.4 Å². The zero-order valence-corrected chi connectivity index (χ0v) is 13.5. The maximum atomic E-state index is 12.0. The Bertz CT molecular complexity index is 482. The molecule has 1 saturated heterocycles. The highest BCUT2D eigenvalue weighted by Crippen LogP contribution is 2.15. The van der Waals surface area contributed by atoms with E-state index in [0.29, 0.717) is 31.8 Å². The van der Waals surface area contributed by atoms with E-state index in [0.717, 1.165) is 25.1 Å². The molecule has 0 radical (unpaired) electrons. The first-order chi connectivity index (χ1) is 10.2. The lowest BCUT2D eigenvalue weighted by Crippen LogP contribution is -2.34. The molecule has 1 unspecified atom stereocenters. The van der Waals surface area contributed by atoms with E-state index in [4.69, 9.17) is 5.73 Å². The third-order valence-corrected chi connectivity index (χ3v) is 3.84. The van der Waals surface area contributed by atoms with Crippen LogP contribution in [-0.4, -0.2) is 42.9 Å².